The van der Waals surface area contributed by atoms with Gasteiger partial charge >= 0.3 is 6.09 Å². The monoisotopic (exact) mass is 392 g/mol. The minimum atomic E-state index is -0.705. The van der Waals surface area contributed by atoms with E-state index in [1.54, 1.807) is 24.3 Å². The Kier molecular flexibility index (Phi) is 4.13. The maximum atomic E-state index is 12.3. The van der Waals surface area contributed by atoms with Gasteiger partial charge in [0.1, 0.15) is 12.7 Å². The number of carbonyl (C=O) groups excluding carboxylic acids is 3. The van der Waals surface area contributed by atoms with Crippen LogP contribution in [-0.4, -0.2) is 29.1 Å². The molecule has 2 N–H and O–H groups in total. The Labute approximate surface area is 167 Å². The molecule has 3 amide bonds. The number of hydrogen-bond acceptors (Lipinski definition) is 5. The van der Waals surface area contributed by atoms with Crippen molar-refractivity contribution in [3.8, 4) is 0 Å². The average molecular weight is 392 g/mol. The summed E-state index contributed by atoms with van der Waals surface area (Å²) in [5.74, 6) is 0.254. The molecule has 0 aromatic heterocycles. The SMILES string of the molecule is NC(=O)O[C@H]1C2[C@H](c3ccc(CON4C(=O)c5ccccc5C4=O)cc3)CC[C@@H]21. The fourth-order valence-corrected chi connectivity index (χ4v) is 4.79. The van der Waals surface area contributed by atoms with Gasteiger partial charge in [-0.3, -0.25) is 14.4 Å². The molecule has 4 atom stereocenters. The van der Waals surface area contributed by atoms with Crippen molar-refractivity contribution in [1.29, 1.82) is 0 Å². The topological polar surface area (TPSA) is 98.9 Å². The van der Waals surface area contributed by atoms with Crippen LogP contribution in [-0.2, 0) is 16.2 Å². The standard InChI is InChI=1S/C22H20N2O5/c23-22(27)29-19-17-10-9-14(18(17)19)13-7-5-12(6-8-13)11-28-24-20(25)15-3-1-2-4-16(15)21(24)26/h1-8,14,17-19H,9-11H2,(H2,23,27)/t14-,17-,18?,19+/m0/s1. The number of ether oxygens (including phenoxy) is 1. The van der Waals surface area contributed by atoms with Crippen LogP contribution in [0.1, 0.15) is 50.6 Å². The first-order valence-corrected chi connectivity index (χ1v) is 9.70. The van der Waals surface area contributed by atoms with Crippen LogP contribution >= 0.6 is 0 Å². The van der Waals surface area contributed by atoms with Crippen molar-refractivity contribution in [2.24, 2.45) is 17.6 Å². The molecule has 1 aliphatic heterocycles. The number of nitrogens with two attached hydrogens (primary N) is 1. The summed E-state index contributed by atoms with van der Waals surface area (Å²) < 4.78 is 5.20. The number of hydroxylamine groups is 2. The number of nitrogens with zero attached hydrogens (tertiary/aromatic N) is 1. The summed E-state index contributed by atoms with van der Waals surface area (Å²) in [5.41, 5.74) is 7.92. The summed E-state index contributed by atoms with van der Waals surface area (Å²) in [5, 5.41) is 0.829. The number of benzene rings is 2. The van der Waals surface area contributed by atoms with Crippen molar-refractivity contribution in [2.45, 2.75) is 31.5 Å². The van der Waals surface area contributed by atoms with E-state index >= 15 is 0 Å². The lowest BCUT2D eigenvalue weighted by Crippen LogP contribution is -2.29. The molecule has 5 rings (SSSR count). The van der Waals surface area contributed by atoms with E-state index in [1.807, 2.05) is 24.3 Å². The second-order valence-electron chi connectivity index (χ2n) is 7.79. The molecule has 3 aliphatic rings. The molecule has 2 fully saturated rings. The third-order valence-electron chi connectivity index (χ3n) is 6.21. The Morgan fingerprint density at radius 1 is 1.00 bits per heavy atom. The van der Waals surface area contributed by atoms with Gasteiger partial charge < -0.3 is 10.5 Å². The van der Waals surface area contributed by atoms with Gasteiger partial charge in [0.25, 0.3) is 11.8 Å². The van der Waals surface area contributed by atoms with Gasteiger partial charge in [-0.1, -0.05) is 36.4 Å². The summed E-state index contributed by atoms with van der Waals surface area (Å²) in [6.45, 7) is 0.121. The molecule has 7 heteroatoms. The minimum Gasteiger partial charge on any atom is -0.446 e. The molecule has 0 spiro atoms. The van der Waals surface area contributed by atoms with Gasteiger partial charge in [0.2, 0.25) is 0 Å². The van der Waals surface area contributed by atoms with Crippen LogP contribution in [0, 0.1) is 11.8 Å². The second-order valence-corrected chi connectivity index (χ2v) is 7.79. The van der Waals surface area contributed by atoms with Gasteiger partial charge in [0.05, 0.1) is 11.1 Å². The van der Waals surface area contributed by atoms with Crippen molar-refractivity contribution < 1.29 is 24.0 Å². The molecule has 2 aliphatic carbocycles. The molecule has 1 unspecified atom stereocenters. The number of imide groups is 1. The first kappa shape index (κ1) is 17.9. The molecule has 1 heterocycles. The lowest BCUT2D eigenvalue weighted by atomic mass is 9.93. The normalized spacial score (nSPS) is 27.0. The van der Waals surface area contributed by atoms with Crippen LogP contribution in [0.25, 0.3) is 0 Å². The minimum absolute atomic E-state index is 0.0527. The first-order chi connectivity index (χ1) is 14.0. The van der Waals surface area contributed by atoms with Crippen molar-refractivity contribution in [3.63, 3.8) is 0 Å². The summed E-state index contributed by atoms with van der Waals surface area (Å²) in [7, 11) is 0. The number of hydrogen-bond donors (Lipinski definition) is 1. The number of amides is 3. The average Bonchev–Trinajstić information content (AvgIpc) is 3.08. The highest BCUT2D eigenvalue weighted by molar-refractivity contribution is 6.20. The van der Waals surface area contributed by atoms with Gasteiger partial charge in [-0.2, -0.15) is 0 Å². The molecule has 0 saturated heterocycles. The van der Waals surface area contributed by atoms with Gasteiger partial charge in [-0.15, -0.1) is 5.06 Å². The maximum absolute atomic E-state index is 12.3. The number of primary amides is 1. The van der Waals surface area contributed by atoms with Gasteiger partial charge in [0, 0.05) is 11.8 Å². The quantitative estimate of drug-likeness (QED) is 0.789. The van der Waals surface area contributed by atoms with Gasteiger partial charge in [0.15, 0.2) is 0 Å². The van der Waals surface area contributed by atoms with Crippen molar-refractivity contribution >= 4 is 17.9 Å². The second kappa shape index (κ2) is 6.70. The first-order valence-electron chi connectivity index (χ1n) is 9.70. The molecule has 0 radical (unpaired) electrons. The van der Waals surface area contributed by atoms with Crippen molar-refractivity contribution in [3.05, 3.63) is 70.8 Å². The Balaban J connectivity index is 1.22. The third-order valence-corrected chi connectivity index (χ3v) is 6.21. The van der Waals surface area contributed by atoms with Gasteiger partial charge in [-0.05, 0) is 42.0 Å². The molecule has 7 nitrogen and oxygen atoms in total. The molecule has 0 bridgehead atoms. The van der Waals surface area contributed by atoms with E-state index in [0.717, 1.165) is 23.5 Å². The highest BCUT2D eigenvalue weighted by atomic mass is 16.7. The molecule has 2 aromatic rings. The van der Waals surface area contributed by atoms with E-state index in [1.165, 1.54) is 5.56 Å². The Bertz CT molecular complexity index is 968. The lowest BCUT2D eigenvalue weighted by molar-refractivity contribution is -0.101. The van der Waals surface area contributed by atoms with E-state index in [0.29, 0.717) is 28.9 Å². The predicted molar refractivity (Wildman–Crippen MR) is 102 cm³/mol. The Morgan fingerprint density at radius 3 is 2.28 bits per heavy atom. The van der Waals surface area contributed by atoms with Gasteiger partial charge in [-0.25, -0.2) is 4.79 Å². The van der Waals surface area contributed by atoms with E-state index in [2.05, 4.69) is 0 Å². The van der Waals surface area contributed by atoms with E-state index in [4.69, 9.17) is 15.3 Å². The van der Waals surface area contributed by atoms with Crippen molar-refractivity contribution in [2.75, 3.05) is 0 Å². The van der Waals surface area contributed by atoms with Crippen LogP contribution in [0.5, 0.6) is 0 Å². The fourth-order valence-electron chi connectivity index (χ4n) is 4.79. The molecular weight excluding hydrogens is 372 g/mol. The van der Waals surface area contributed by atoms with E-state index < -0.39 is 17.9 Å². The zero-order valence-corrected chi connectivity index (χ0v) is 15.6. The largest absolute Gasteiger partial charge is 0.446 e. The number of carbonyl (C=O) groups is 3. The lowest BCUT2D eigenvalue weighted by Gasteiger charge is -2.16. The van der Waals surface area contributed by atoms with Crippen LogP contribution in [0.15, 0.2) is 48.5 Å². The molecule has 29 heavy (non-hydrogen) atoms. The van der Waals surface area contributed by atoms with Crippen LogP contribution < -0.4 is 5.73 Å². The number of fused-ring (bicyclic) bond motifs is 2. The molecule has 2 saturated carbocycles. The van der Waals surface area contributed by atoms with E-state index in [9.17, 15) is 14.4 Å². The maximum Gasteiger partial charge on any atom is 0.404 e. The fraction of sp³-hybridized carbons (Fsp3) is 0.318. The summed E-state index contributed by atoms with van der Waals surface area (Å²) in [6, 6.07) is 14.6. The Hall–Kier alpha value is -3.19. The molecule has 148 valence electrons. The molecular formula is C22H20N2O5. The highest BCUT2D eigenvalue weighted by Gasteiger charge is 2.60. The zero-order chi connectivity index (χ0) is 20.1. The van der Waals surface area contributed by atoms with Crippen LogP contribution in [0.2, 0.25) is 0 Å². The highest BCUT2D eigenvalue weighted by Crippen LogP contribution is 2.60. The Morgan fingerprint density at radius 2 is 1.66 bits per heavy atom. The van der Waals surface area contributed by atoms with Crippen LogP contribution in [0.3, 0.4) is 0 Å². The zero-order valence-electron chi connectivity index (χ0n) is 15.6. The van der Waals surface area contributed by atoms with E-state index in [-0.39, 0.29) is 12.7 Å². The predicted octanol–water partition coefficient (Wildman–Crippen LogP) is 3.00. The number of rotatable bonds is 5. The third kappa shape index (κ3) is 2.98. The summed E-state index contributed by atoms with van der Waals surface area (Å²) >= 11 is 0. The summed E-state index contributed by atoms with van der Waals surface area (Å²) in [6.07, 6.45) is 1.35. The summed E-state index contributed by atoms with van der Waals surface area (Å²) in [4.78, 5) is 41.2. The van der Waals surface area contributed by atoms with Crippen molar-refractivity contribution in [1.82, 2.24) is 5.06 Å². The smallest absolute Gasteiger partial charge is 0.404 e. The molecule has 2 aromatic carbocycles. The van der Waals surface area contributed by atoms with Crippen LogP contribution in [0.4, 0.5) is 4.79 Å².